The Bertz CT molecular complexity index is 214. The number of rotatable bonds is 6. The molecule has 0 aromatic heterocycles. The Kier molecular flexibility index (Phi) is 5.30. The van der Waals surface area contributed by atoms with Gasteiger partial charge in [0.25, 0.3) is 0 Å². The first-order valence-electron chi connectivity index (χ1n) is 5.60. The molecular weight excluding hydrogens is 256 g/mol. The number of alkyl halides is 1. The smallest absolute Gasteiger partial charge is 0.167 e. The van der Waals surface area contributed by atoms with Gasteiger partial charge < -0.3 is 9.47 Å². The first-order valence-corrected chi connectivity index (χ1v) is 6.72. The molecule has 0 heterocycles. The van der Waals surface area contributed by atoms with Crippen LogP contribution >= 0.6 is 15.9 Å². The van der Waals surface area contributed by atoms with Crippen LogP contribution in [0.25, 0.3) is 0 Å². The second-order valence-electron chi connectivity index (χ2n) is 4.63. The van der Waals surface area contributed by atoms with Crippen molar-refractivity contribution in [2.24, 2.45) is 5.41 Å². The summed E-state index contributed by atoms with van der Waals surface area (Å²) >= 11 is 3.42. The molecule has 88 valence electrons. The maximum Gasteiger partial charge on any atom is 0.167 e. The molecule has 0 saturated carbocycles. The molecule has 0 N–H and O–H groups in total. The summed E-state index contributed by atoms with van der Waals surface area (Å²) in [4.78, 5) is 0. The van der Waals surface area contributed by atoms with Crippen LogP contribution in [0.15, 0.2) is 12.2 Å². The zero-order valence-electron chi connectivity index (χ0n) is 9.83. The topological polar surface area (TPSA) is 18.5 Å². The van der Waals surface area contributed by atoms with Crippen molar-refractivity contribution in [1.29, 1.82) is 0 Å². The second-order valence-corrected chi connectivity index (χ2v) is 5.28. The summed E-state index contributed by atoms with van der Waals surface area (Å²) in [6.07, 6.45) is 6.49. The Labute approximate surface area is 101 Å². The minimum atomic E-state index is -0.128. The maximum atomic E-state index is 5.92. The summed E-state index contributed by atoms with van der Waals surface area (Å²) in [5.74, 6) is 0. The van der Waals surface area contributed by atoms with Gasteiger partial charge in [-0.3, -0.25) is 0 Å². The number of halogens is 1. The molecule has 0 fully saturated rings. The molecule has 0 radical (unpaired) electrons. The highest BCUT2D eigenvalue weighted by atomic mass is 79.9. The fourth-order valence-electron chi connectivity index (χ4n) is 1.63. The Morgan fingerprint density at radius 3 is 2.73 bits per heavy atom. The maximum absolute atomic E-state index is 5.92. The summed E-state index contributed by atoms with van der Waals surface area (Å²) < 4.78 is 11.5. The first-order chi connectivity index (χ1) is 7.10. The van der Waals surface area contributed by atoms with Crippen LogP contribution in [0, 0.1) is 5.41 Å². The van der Waals surface area contributed by atoms with Gasteiger partial charge in [-0.15, -0.1) is 0 Å². The molecule has 1 rings (SSSR count). The molecule has 1 aliphatic rings. The predicted octanol–water partition coefficient (Wildman–Crippen LogP) is 3.51. The van der Waals surface area contributed by atoms with Gasteiger partial charge in [0.05, 0.1) is 11.4 Å². The summed E-state index contributed by atoms with van der Waals surface area (Å²) in [6, 6.07) is 0. The standard InChI is InChI=1S/C12H21BrO2/c1-4-8-14-11(9-13)15-10-6-5-7-12(10,2)3/h5-6,10-11H,4,7-9H2,1-3H3. The van der Waals surface area contributed by atoms with E-state index in [1.165, 1.54) is 0 Å². The van der Waals surface area contributed by atoms with Crippen LogP contribution in [0.5, 0.6) is 0 Å². The van der Waals surface area contributed by atoms with Crippen LogP contribution in [-0.2, 0) is 9.47 Å². The van der Waals surface area contributed by atoms with Gasteiger partial charge in [0.15, 0.2) is 6.29 Å². The van der Waals surface area contributed by atoms with Gasteiger partial charge in [-0.1, -0.05) is 48.9 Å². The van der Waals surface area contributed by atoms with Crippen molar-refractivity contribution in [3.05, 3.63) is 12.2 Å². The van der Waals surface area contributed by atoms with Crippen molar-refractivity contribution >= 4 is 15.9 Å². The fourth-order valence-corrected chi connectivity index (χ4v) is 1.97. The van der Waals surface area contributed by atoms with E-state index in [4.69, 9.17) is 9.47 Å². The molecular formula is C12H21BrO2. The minimum absolute atomic E-state index is 0.128. The van der Waals surface area contributed by atoms with E-state index >= 15 is 0 Å². The highest BCUT2D eigenvalue weighted by Crippen LogP contribution is 2.35. The van der Waals surface area contributed by atoms with Crippen LogP contribution in [0.1, 0.15) is 33.6 Å². The third-order valence-electron chi connectivity index (χ3n) is 2.66. The van der Waals surface area contributed by atoms with E-state index in [9.17, 15) is 0 Å². The molecule has 2 unspecified atom stereocenters. The SMILES string of the molecule is CCCOC(CBr)OC1C=CCC1(C)C. The first kappa shape index (κ1) is 13.2. The van der Waals surface area contributed by atoms with Crippen molar-refractivity contribution in [3.63, 3.8) is 0 Å². The normalized spacial score (nSPS) is 25.7. The Morgan fingerprint density at radius 1 is 1.53 bits per heavy atom. The fraction of sp³-hybridized carbons (Fsp3) is 0.833. The van der Waals surface area contributed by atoms with E-state index in [1.807, 2.05) is 0 Å². The molecule has 3 heteroatoms. The summed E-state index contributed by atoms with van der Waals surface area (Å²) in [5, 5.41) is 0.730. The molecule has 1 aliphatic carbocycles. The Balaban J connectivity index is 2.40. The molecule has 0 aromatic rings. The van der Waals surface area contributed by atoms with Crippen molar-refractivity contribution in [2.75, 3.05) is 11.9 Å². The van der Waals surface area contributed by atoms with E-state index in [-0.39, 0.29) is 17.8 Å². The third-order valence-corrected chi connectivity index (χ3v) is 3.19. The van der Waals surface area contributed by atoms with Gasteiger partial charge in [-0.2, -0.15) is 0 Å². The molecule has 0 amide bonds. The van der Waals surface area contributed by atoms with Gasteiger partial charge in [-0.05, 0) is 18.3 Å². The van der Waals surface area contributed by atoms with E-state index in [2.05, 4.69) is 48.9 Å². The molecule has 0 saturated heterocycles. The Hall–Kier alpha value is 0.140. The van der Waals surface area contributed by atoms with Crippen molar-refractivity contribution in [2.45, 2.75) is 46.0 Å². The van der Waals surface area contributed by atoms with E-state index in [0.29, 0.717) is 0 Å². The minimum Gasteiger partial charge on any atom is -0.352 e. The van der Waals surface area contributed by atoms with Gasteiger partial charge in [0.2, 0.25) is 0 Å². The number of hydrogen-bond donors (Lipinski definition) is 0. The highest BCUT2D eigenvalue weighted by Gasteiger charge is 2.33. The molecule has 0 spiro atoms. The summed E-state index contributed by atoms with van der Waals surface area (Å²) in [7, 11) is 0. The van der Waals surface area contributed by atoms with E-state index in [0.717, 1.165) is 24.8 Å². The van der Waals surface area contributed by atoms with Gasteiger partial charge in [-0.25, -0.2) is 0 Å². The molecule has 0 aromatic carbocycles. The lowest BCUT2D eigenvalue weighted by Gasteiger charge is -2.30. The molecule has 2 atom stereocenters. The second kappa shape index (κ2) is 6.02. The summed E-state index contributed by atoms with van der Waals surface area (Å²) in [6.45, 7) is 7.31. The van der Waals surface area contributed by atoms with Crippen molar-refractivity contribution < 1.29 is 9.47 Å². The lowest BCUT2D eigenvalue weighted by Crippen LogP contribution is -2.33. The average Bonchev–Trinajstić information content (AvgIpc) is 2.52. The molecule has 2 nitrogen and oxygen atoms in total. The molecule has 0 bridgehead atoms. The van der Waals surface area contributed by atoms with Crippen LogP contribution in [-0.4, -0.2) is 24.3 Å². The zero-order valence-corrected chi connectivity index (χ0v) is 11.4. The Morgan fingerprint density at radius 2 is 2.27 bits per heavy atom. The molecule has 0 aliphatic heterocycles. The predicted molar refractivity (Wildman–Crippen MR) is 66.2 cm³/mol. The van der Waals surface area contributed by atoms with Gasteiger partial charge in [0, 0.05) is 6.61 Å². The zero-order chi connectivity index (χ0) is 11.3. The molecule has 15 heavy (non-hydrogen) atoms. The van der Waals surface area contributed by atoms with Crippen molar-refractivity contribution in [1.82, 2.24) is 0 Å². The lowest BCUT2D eigenvalue weighted by molar-refractivity contribution is -0.164. The monoisotopic (exact) mass is 276 g/mol. The van der Waals surface area contributed by atoms with E-state index in [1.54, 1.807) is 0 Å². The highest BCUT2D eigenvalue weighted by molar-refractivity contribution is 9.09. The van der Waals surface area contributed by atoms with Crippen LogP contribution in [0.2, 0.25) is 0 Å². The quantitative estimate of drug-likeness (QED) is 0.420. The van der Waals surface area contributed by atoms with Gasteiger partial charge in [0.1, 0.15) is 0 Å². The largest absolute Gasteiger partial charge is 0.352 e. The number of allylic oxidation sites excluding steroid dienone is 1. The average molecular weight is 277 g/mol. The van der Waals surface area contributed by atoms with Crippen LogP contribution < -0.4 is 0 Å². The van der Waals surface area contributed by atoms with E-state index < -0.39 is 0 Å². The van der Waals surface area contributed by atoms with Crippen LogP contribution in [0.4, 0.5) is 0 Å². The van der Waals surface area contributed by atoms with Crippen LogP contribution in [0.3, 0.4) is 0 Å². The lowest BCUT2D eigenvalue weighted by atomic mass is 9.88. The van der Waals surface area contributed by atoms with Crippen molar-refractivity contribution in [3.8, 4) is 0 Å². The number of ether oxygens (including phenoxy) is 2. The third kappa shape index (κ3) is 3.89. The van der Waals surface area contributed by atoms with Gasteiger partial charge >= 0.3 is 0 Å². The number of hydrogen-bond acceptors (Lipinski definition) is 2. The summed E-state index contributed by atoms with van der Waals surface area (Å²) in [5.41, 5.74) is 0.204.